The molecule has 0 aliphatic carbocycles. The lowest BCUT2D eigenvalue weighted by molar-refractivity contribution is -0.105. The summed E-state index contributed by atoms with van der Waals surface area (Å²) in [5.74, 6) is -0.645. The molecule has 1 heterocycles. The molecule has 0 bridgehead atoms. The van der Waals surface area contributed by atoms with Crippen LogP contribution in [0.2, 0.25) is 5.02 Å². The van der Waals surface area contributed by atoms with E-state index >= 15 is 0 Å². The number of aliphatic hydroxyl groups is 1. The maximum atomic E-state index is 14.1. The average Bonchev–Trinajstić information content (AvgIpc) is 2.27. The van der Waals surface area contributed by atoms with Crippen molar-refractivity contribution in [2.75, 3.05) is 13.1 Å². The van der Waals surface area contributed by atoms with Crippen molar-refractivity contribution in [2.24, 2.45) is 0 Å². The molecule has 0 radical (unpaired) electrons. The highest BCUT2D eigenvalue weighted by molar-refractivity contribution is 6.30. The predicted molar refractivity (Wildman–Crippen MR) is 77.9 cm³/mol. The van der Waals surface area contributed by atoms with E-state index in [1.807, 2.05) is 0 Å². The Morgan fingerprint density at radius 3 is 2.52 bits per heavy atom. The van der Waals surface area contributed by atoms with Crippen molar-refractivity contribution in [1.29, 1.82) is 0 Å². The van der Waals surface area contributed by atoms with E-state index in [9.17, 15) is 14.3 Å². The van der Waals surface area contributed by atoms with Gasteiger partial charge in [-0.1, -0.05) is 17.7 Å². The first-order chi connectivity index (χ1) is 9.52. The second-order valence-corrected chi connectivity index (χ2v) is 6.88. The van der Waals surface area contributed by atoms with Crippen LogP contribution in [0.3, 0.4) is 0 Å². The molecule has 1 aromatic rings. The number of rotatable bonds is 1. The van der Waals surface area contributed by atoms with E-state index in [4.69, 9.17) is 16.3 Å². The Balaban J connectivity index is 2.13. The highest BCUT2D eigenvalue weighted by Gasteiger charge is 2.48. The van der Waals surface area contributed by atoms with E-state index in [1.54, 1.807) is 33.8 Å². The molecule has 1 aliphatic heterocycles. The lowest BCUT2D eigenvalue weighted by Crippen LogP contribution is -2.62. The standard InChI is InChI=1S/C15H19ClFNO3/c1-9-5-10(12(17)11(16)6-9)15(20)7-18(8-15)13(19)21-14(2,3)4/h5-6,20H,7-8H2,1-4H3. The highest BCUT2D eigenvalue weighted by Crippen LogP contribution is 2.36. The van der Waals surface area contributed by atoms with Crippen LogP contribution in [0, 0.1) is 12.7 Å². The maximum absolute atomic E-state index is 14.1. The lowest BCUT2D eigenvalue weighted by Gasteiger charge is -2.46. The Kier molecular flexibility index (Phi) is 3.93. The number of halogens is 2. The molecule has 21 heavy (non-hydrogen) atoms. The van der Waals surface area contributed by atoms with Gasteiger partial charge in [0.2, 0.25) is 0 Å². The van der Waals surface area contributed by atoms with E-state index in [0.29, 0.717) is 0 Å². The van der Waals surface area contributed by atoms with Crippen molar-refractivity contribution in [3.63, 3.8) is 0 Å². The maximum Gasteiger partial charge on any atom is 0.410 e. The van der Waals surface area contributed by atoms with Gasteiger partial charge < -0.3 is 14.7 Å². The van der Waals surface area contributed by atoms with Crippen LogP contribution < -0.4 is 0 Å². The zero-order valence-corrected chi connectivity index (χ0v) is 13.3. The number of carbonyl (C=O) groups is 1. The van der Waals surface area contributed by atoms with Crippen LogP contribution in [0.4, 0.5) is 9.18 Å². The lowest BCUT2D eigenvalue weighted by atomic mass is 9.85. The third kappa shape index (κ3) is 3.30. The van der Waals surface area contributed by atoms with Crippen LogP contribution in [-0.2, 0) is 10.3 Å². The summed E-state index contributed by atoms with van der Waals surface area (Å²) in [7, 11) is 0. The predicted octanol–water partition coefficient (Wildman–Crippen LogP) is 3.23. The van der Waals surface area contributed by atoms with Crippen molar-refractivity contribution >= 4 is 17.7 Å². The number of nitrogens with zero attached hydrogens (tertiary/aromatic N) is 1. The number of benzene rings is 1. The third-order valence-electron chi connectivity index (χ3n) is 3.23. The van der Waals surface area contributed by atoms with Crippen molar-refractivity contribution in [3.8, 4) is 0 Å². The number of amides is 1. The molecule has 0 atom stereocenters. The molecule has 0 spiro atoms. The normalized spacial score (nSPS) is 17.4. The fraction of sp³-hybridized carbons (Fsp3) is 0.533. The van der Waals surface area contributed by atoms with Gasteiger partial charge in [0.25, 0.3) is 0 Å². The number of likely N-dealkylation sites (tertiary alicyclic amines) is 1. The van der Waals surface area contributed by atoms with Gasteiger partial charge in [-0.25, -0.2) is 9.18 Å². The smallest absolute Gasteiger partial charge is 0.410 e. The topological polar surface area (TPSA) is 49.8 Å². The molecule has 1 saturated heterocycles. The zero-order valence-electron chi connectivity index (χ0n) is 12.5. The van der Waals surface area contributed by atoms with Gasteiger partial charge >= 0.3 is 6.09 Å². The molecular formula is C15H19ClFNO3. The Labute approximate surface area is 128 Å². The van der Waals surface area contributed by atoms with Crippen molar-refractivity contribution < 1.29 is 19.0 Å². The SMILES string of the molecule is Cc1cc(Cl)c(F)c(C2(O)CN(C(=O)OC(C)(C)C)C2)c1. The zero-order chi connectivity index (χ0) is 16.0. The van der Waals surface area contributed by atoms with E-state index in [-0.39, 0.29) is 23.7 Å². The van der Waals surface area contributed by atoms with E-state index in [0.717, 1.165) is 5.56 Å². The minimum Gasteiger partial charge on any atom is -0.444 e. The number of ether oxygens (including phenoxy) is 1. The van der Waals surface area contributed by atoms with Gasteiger partial charge in [0, 0.05) is 5.56 Å². The van der Waals surface area contributed by atoms with Crippen molar-refractivity contribution in [1.82, 2.24) is 4.90 Å². The summed E-state index contributed by atoms with van der Waals surface area (Å²) in [4.78, 5) is 13.2. The monoisotopic (exact) mass is 315 g/mol. The van der Waals surface area contributed by atoms with Gasteiger partial charge in [-0.2, -0.15) is 0 Å². The fourth-order valence-corrected chi connectivity index (χ4v) is 2.55. The first kappa shape index (κ1) is 16.0. The number of β-amino-alcohol motifs (C(OH)–C–C–N with tert-alkyl or cyclic N) is 1. The summed E-state index contributed by atoms with van der Waals surface area (Å²) in [5, 5.41) is 10.4. The Morgan fingerprint density at radius 2 is 2.00 bits per heavy atom. The van der Waals surface area contributed by atoms with Crippen molar-refractivity contribution in [2.45, 2.75) is 38.9 Å². The number of aryl methyl sites for hydroxylation is 1. The quantitative estimate of drug-likeness (QED) is 0.865. The van der Waals surface area contributed by atoms with Gasteiger partial charge in [-0.15, -0.1) is 0 Å². The van der Waals surface area contributed by atoms with Crippen molar-refractivity contribution in [3.05, 3.63) is 34.1 Å². The van der Waals surface area contributed by atoms with E-state index in [2.05, 4.69) is 0 Å². The molecule has 0 unspecified atom stereocenters. The average molecular weight is 316 g/mol. The van der Waals surface area contributed by atoms with Crippen LogP contribution in [0.5, 0.6) is 0 Å². The Bertz CT molecular complexity index is 577. The molecule has 4 nitrogen and oxygen atoms in total. The second kappa shape index (κ2) is 5.14. The molecule has 6 heteroatoms. The minimum absolute atomic E-state index is 0.0153. The van der Waals surface area contributed by atoms with E-state index < -0.39 is 23.1 Å². The third-order valence-corrected chi connectivity index (χ3v) is 3.51. The fourth-order valence-electron chi connectivity index (χ4n) is 2.27. The molecule has 1 fully saturated rings. The molecule has 1 aliphatic rings. The van der Waals surface area contributed by atoms with Gasteiger partial charge in [-0.3, -0.25) is 0 Å². The number of hydrogen-bond acceptors (Lipinski definition) is 3. The first-order valence-electron chi connectivity index (χ1n) is 6.68. The second-order valence-electron chi connectivity index (χ2n) is 6.48. The van der Waals surface area contributed by atoms with Gasteiger partial charge in [0.1, 0.15) is 17.0 Å². The highest BCUT2D eigenvalue weighted by atomic mass is 35.5. The molecule has 1 N–H and O–H groups in total. The molecule has 2 rings (SSSR count). The first-order valence-corrected chi connectivity index (χ1v) is 7.06. The summed E-state index contributed by atoms with van der Waals surface area (Å²) in [6.07, 6.45) is -0.522. The Morgan fingerprint density at radius 1 is 1.43 bits per heavy atom. The van der Waals surface area contributed by atoms with Crippen LogP contribution in [0.15, 0.2) is 12.1 Å². The molecule has 1 aromatic carbocycles. The molecular weight excluding hydrogens is 297 g/mol. The summed E-state index contributed by atoms with van der Waals surface area (Å²) in [6, 6.07) is 3.04. The molecule has 0 aromatic heterocycles. The summed E-state index contributed by atoms with van der Waals surface area (Å²) in [6.45, 7) is 7.02. The Hall–Kier alpha value is -1.33. The van der Waals surface area contributed by atoms with Gasteiger partial charge in [0.15, 0.2) is 0 Å². The van der Waals surface area contributed by atoms with Crippen LogP contribution in [-0.4, -0.2) is 34.8 Å². The largest absolute Gasteiger partial charge is 0.444 e. The molecule has 116 valence electrons. The van der Waals surface area contributed by atoms with Crippen LogP contribution in [0.1, 0.15) is 31.9 Å². The van der Waals surface area contributed by atoms with Gasteiger partial charge in [0.05, 0.1) is 18.1 Å². The molecule has 1 amide bonds. The summed E-state index contributed by atoms with van der Waals surface area (Å²) < 4.78 is 19.3. The number of carbonyl (C=O) groups excluding carboxylic acids is 1. The van der Waals surface area contributed by atoms with E-state index in [1.165, 1.54) is 11.0 Å². The number of hydrogen-bond donors (Lipinski definition) is 1. The van der Waals surface area contributed by atoms with Crippen LogP contribution in [0.25, 0.3) is 0 Å². The minimum atomic E-state index is -1.42. The van der Waals surface area contributed by atoms with Crippen LogP contribution >= 0.6 is 11.6 Å². The summed E-state index contributed by atoms with van der Waals surface area (Å²) in [5.41, 5.74) is -1.16. The molecule has 0 saturated carbocycles. The van der Waals surface area contributed by atoms with Gasteiger partial charge in [-0.05, 0) is 39.3 Å². The summed E-state index contributed by atoms with van der Waals surface area (Å²) >= 11 is 5.80.